The molecule has 0 spiro atoms. The van der Waals surface area contributed by atoms with Gasteiger partial charge in [-0.05, 0) is 0 Å². The number of rotatable bonds is 0. The van der Waals surface area contributed by atoms with E-state index >= 15 is 0 Å². The average Bonchev–Trinajstić information content (AvgIpc) is 0. The molecule has 0 aromatic rings. The third kappa shape index (κ3) is 19.9. The molecule has 4 heavy (non-hydrogen) atoms. The van der Waals surface area contributed by atoms with Crippen molar-refractivity contribution in [1.82, 2.24) is 0 Å². The van der Waals surface area contributed by atoms with Crippen molar-refractivity contribution in [1.29, 1.82) is 0 Å². The summed E-state index contributed by atoms with van der Waals surface area (Å²) in [6.45, 7) is 0. The lowest BCUT2D eigenvalue weighted by atomic mass is 19.0. The fraction of sp³-hybridized carbons (Fsp3) is 0. The van der Waals surface area contributed by atoms with Crippen molar-refractivity contribution in [2.45, 2.75) is 0 Å². The first-order chi connectivity index (χ1) is 0. The zero-order valence-corrected chi connectivity index (χ0v) is 3.82. The number of halogens is 2. The first-order valence-electron chi connectivity index (χ1n) is 0. The van der Waals surface area contributed by atoms with Crippen molar-refractivity contribution in [2.24, 2.45) is 0 Å². The highest BCUT2D eigenvalue weighted by Crippen LogP contribution is 0.649. The van der Waals surface area contributed by atoms with Gasteiger partial charge in [0.1, 0.15) is 0 Å². The summed E-state index contributed by atoms with van der Waals surface area (Å²) in [5, 5.41) is 0. The Morgan fingerprint density at radius 1 is 0.500 bits per heavy atom. The van der Waals surface area contributed by atoms with E-state index in [1.807, 2.05) is 0 Å². The fourth-order valence-corrected chi connectivity index (χ4v) is 0. The molecule has 0 saturated carbocycles. The van der Waals surface area contributed by atoms with Crippen LogP contribution in [0.5, 0.6) is 0 Å². The van der Waals surface area contributed by atoms with Crippen LogP contribution in [0, 0.1) is 0 Å². The van der Waals surface area contributed by atoms with Crippen LogP contribution >= 0.6 is 27.0 Å². The second-order valence-corrected chi connectivity index (χ2v) is 0. The van der Waals surface area contributed by atoms with Crippen LogP contribution in [-0.4, -0.2) is 0 Å². The highest BCUT2D eigenvalue weighted by atomic mass is 32.1. The summed E-state index contributed by atoms with van der Waals surface area (Å²) >= 11 is 0. The van der Waals surface area contributed by atoms with Crippen molar-refractivity contribution in [3.05, 3.63) is 0 Å². The van der Waals surface area contributed by atoms with Gasteiger partial charge in [-0.25, -0.2) is 0 Å². The summed E-state index contributed by atoms with van der Waals surface area (Å²) in [7, 11) is 0. The quantitative estimate of drug-likeness (QED) is 0.424. The Bertz CT molecular complexity index is 4.00. The molecule has 0 atom stereocenters. The molecule has 0 fully saturated rings. The summed E-state index contributed by atoms with van der Waals surface area (Å²) in [5.74, 6) is 0. The molecule has 0 unspecified atom stereocenters. The lowest BCUT2D eigenvalue weighted by Gasteiger charge is -0.270. The van der Waals surface area contributed by atoms with E-state index in [0.29, 0.717) is 0 Å². The Morgan fingerprint density at radius 3 is 0.500 bits per heavy atom. The minimum atomic E-state index is 0. The van der Waals surface area contributed by atoms with Gasteiger partial charge in [0.15, 0.2) is 0 Å². The van der Waals surface area contributed by atoms with Crippen molar-refractivity contribution >= 4 is 27.0 Å². The summed E-state index contributed by atoms with van der Waals surface area (Å²) in [4.78, 5) is 0. The zero-order chi connectivity index (χ0) is 0. The first-order valence-corrected chi connectivity index (χ1v) is 0. The van der Waals surface area contributed by atoms with Gasteiger partial charge in [-0.2, -0.15) is 27.0 Å². The van der Waals surface area contributed by atoms with Gasteiger partial charge in [-0.1, -0.05) is 0 Å². The molecule has 0 saturated heterocycles. The minimum Gasteiger partial charge on any atom is -0.269 e. The molecule has 0 aliphatic carbocycles. The van der Waals surface area contributed by atoms with Crippen LogP contribution in [0.15, 0.2) is 0 Å². The maximum absolute atomic E-state index is 0. The van der Waals surface area contributed by atoms with Crippen LogP contribution in [0.1, 0.15) is 0 Å². The molecule has 32 valence electrons. The van der Waals surface area contributed by atoms with Crippen LogP contribution in [0.2, 0.25) is 0 Å². The monoisotopic (exact) mass is 108 g/mol. The van der Waals surface area contributed by atoms with Gasteiger partial charge < -0.3 is 0 Å². The Kier molecular flexibility index (Phi) is 3430. The van der Waals surface area contributed by atoms with E-state index < -0.39 is 0 Å². The third-order valence-electron chi connectivity index (χ3n) is 0. The highest BCUT2D eigenvalue weighted by molar-refractivity contribution is 7.59. The summed E-state index contributed by atoms with van der Waals surface area (Å²) in [6.07, 6.45) is 0. The van der Waals surface area contributed by atoms with E-state index in [4.69, 9.17) is 0 Å². The Balaban J connectivity index is 0. The predicted molar refractivity (Wildman–Crippen MR) is 25.8 cm³/mol. The fourth-order valence-electron chi connectivity index (χ4n) is 0. The van der Waals surface area contributed by atoms with Crippen molar-refractivity contribution < 1.29 is 9.41 Å². The molecular weight excluding hydrogens is 102 g/mol. The van der Waals surface area contributed by atoms with Gasteiger partial charge in [-0.15, -0.1) is 0 Å². The van der Waals surface area contributed by atoms with Gasteiger partial charge in [0, 0.05) is 0 Å². The van der Waals surface area contributed by atoms with E-state index in [1.165, 1.54) is 0 Å². The standard InChI is InChI=1S/2FH.2H2S/h2*1H;2*1H2. The maximum atomic E-state index is 0. The Morgan fingerprint density at radius 2 is 0.500 bits per heavy atom. The predicted octanol–water partition coefficient (Wildman–Crippen LogP) is 0.531. The summed E-state index contributed by atoms with van der Waals surface area (Å²) < 4.78 is 0. The smallest absolute Gasteiger partial charge is 0.197 e. The summed E-state index contributed by atoms with van der Waals surface area (Å²) in [6, 6.07) is 0. The SMILES string of the molecule is F.F.S.S. The normalized spacial score (nSPS) is 0. The molecule has 0 aliphatic rings. The second-order valence-electron chi connectivity index (χ2n) is 0. The van der Waals surface area contributed by atoms with Crippen LogP contribution in [0.4, 0.5) is 9.41 Å². The number of hydrogen-bond acceptors (Lipinski definition) is 0. The topological polar surface area (TPSA) is 0 Å². The van der Waals surface area contributed by atoms with Crippen molar-refractivity contribution in [3.63, 3.8) is 0 Å². The second kappa shape index (κ2) is 74.4. The highest BCUT2D eigenvalue weighted by Gasteiger charge is -0.196. The molecule has 0 nitrogen and oxygen atoms in total. The van der Waals surface area contributed by atoms with E-state index in [2.05, 4.69) is 0 Å². The van der Waals surface area contributed by atoms with Gasteiger partial charge >= 0.3 is 0 Å². The van der Waals surface area contributed by atoms with E-state index in [-0.39, 0.29) is 36.4 Å². The lowest BCUT2D eigenvalue weighted by Crippen LogP contribution is 0.419. The molecule has 0 aromatic carbocycles. The molecule has 0 aliphatic heterocycles. The molecule has 0 aromatic heterocycles. The van der Waals surface area contributed by atoms with E-state index in [1.54, 1.807) is 0 Å². The minimum absolute atomic E-state index is 0. The lowest BCUT2D eigenvalue weighted by molar-refractivity contribution is 1.11. The van der Waals surface area contributed by atoms with E-state index in [9.17, 15) is 0 Å². The molecule has 0 N–H and O–H groups in total. The van der Waals surface area contributed by atoms with Crippen molar-refractivity contribution in [2.75, 3.05) is 0 Å². The number of hydrogen-bond donors (Lipinski definition) is 0. The molecule has 0 amide bonds. The molecule has 0 rings (SSSR count). The largest absolute Gasteiger partial charge is 0.269 e. The molecule has 4 heteroatoms. The van der Waals surface area contributed by atoms with Crippen LogP contribution in [0.25, 0.3) is 0 Å². The van der Waals surface area contributed by atoms with Gasteiger partial charge in [0.05, 0.1) is 0 Å². The van der Waals surface area contributed by atoms with Gasteiger partial charge in [-0.3, -0.25) is 9.41 Å². The first kappa shape index (κ1) is 184. The van der Waals surface area contributed by atoms with Gasteiger partial charge in [0.2, 0.25) is 0 Å². The average molecular weight is 108 g/mol. The van der Waals surface area contributed by atoms with Crippen LogP contribution < -0.4 is 0 Å². The van der Waals surface area contributed by atoms with Gasteiger partial charge in [0.25, 0.3) is 0 Å². The maximum Gasteiger partial charge on any atom is -0.197 e. The third-order valence-corrected chi connectivity index (χ3v) is 0. The van der Waals surface area contributed by atoms with Crippen LogP contribution in [-0.2, 0) is 0 Å². The molecule has 0 heterocycles. The molecule has 0 radical (unpaired) electrons. The Labute approximate surface area is 37.2 Å². The molecule has 0 bridgehead atoms. The summed E-state index contributed by atoms with van der Waals surface area (Å²) in [5.41, 5.74) is 0. The van der Waals surface area contributed by atoms with Crippen LogP contribution in [0.3, 0.4) is 0 Å². The molecular formula is H6F2S2. The van der Waals surface area contributed by atoms with E-state index in [0.717, 1.165) is 0 Å². The zero-order valence-electron chi connectivity index (χ0n) is 1.82. The Hall–Kier alpha value is 0.560. The van der Waals surface area contributed by atoms with Crippen molar-refractivity contribution in [3.8, 4) is 0 Å².